The Morgan fingerprint density at radius 3 is 2.44 bits per heavy atom. The molecular formula is C10H21N3O2S. The second-order valence-electron chi connectivity index (χ2n) is 4.89. The topological polar surface area (TPSA) is 52.7 Å². The monoisotopic (exact) mass is 247 g/mol. The molecule has 0 radical (unpaired) electrons. The molecule has 1 heterocycles. The summed E-state index contributed by atoms with van der Waals surface area (Å²) in [5.74, 6) is 0.592. The van der Waals surface area contributed by atoms with Crippen LogP contribution in [0.5, 0.6) is 0 Å². The second-order valence-corrected chi connectivity index (χ2v) is 6.99. The first-order valence-electron chi connectivity index (χ1n) is 5.92. The minimum atomic E-state index is -3.25. The summed E-state index contributed by atoms with van der Waals surface area (Å²) in [6.07, 6.45) is 3.26. The van der Waals surface area contributed by atoms with Gasteiger partial charge in [-0.05, 0) is 31.7 Å². The molecule has 0 aromatic rings. The van der Waals surface area contributed by atoms with Crippen molar-refractivity contribution in [3.8, 4) is 0 Å². The van der Waals surface area contributed by atoms with Gasteiger partial charge in [-0.15, -0.1) is 0 Å². The molecular weight excluding hydrogens is 226 g/mol. The molecule has 1 atom stereocenters. The standard InChI is InChI=1S/C10H21N3O2S/c1-12(8-9-3-4-9)16(14,15)13(2)10-5-6-11-7-10/h9-11H,3-8H2,1-2H3. The Morgan fingerprint density at radius 2 is 1.94 bits per heavy atom. The van der Waals surface area contributed by atoms with Gasteiger partial charge in [0.2, 0.25) is 0 Å². The lowest BCUT2D eigenvalue weighted by Gasteiger charge is -2.28. The smallest absolute Gasteiger partial charge is 0.281 e. The maximum Gasteiger partial charge on any atom is 0.281 e. The van der Waals surface area contributed by atoms with Gasteiger partial charge in [-0.2, -0.15) is 17.0 Å². The zero-order chi connectivity index (χ0) is 11.8. The largest absolute Gasteiger partial charge is 0.315 e. The Bertz CT molecular complexity index is 334. The molecule has 0 aromatic carbocycles. The highest BCUT2D eigenvalue weighted by molar-refractivity contribution is 7.86. The molecule has 1 N–H and O–H groups in total. The number of nitrogens with one attached hydrogen (secondary N) is 1. The van der Waals surface area contributed by atoms with Crippen molar-refractivity contribution < 1.29 is 8.42 Å². The zero-order valence-corrected chi connectivity index (χ0v) is 10.8. The van der Waals surface area contributed by atoms with Crippen molar-refractivity contribution in [2.24, 2.45) is 5.92 Å². The van der Waals surface area contributed by atoms with Crippen LogP contribution in [0.2, 0.25) is 0 Å². The van der Waals surface area contributed by atoms with E-state index in [2.05, 4.69) is 5.32 Å². The fourth-order valence-corrected chi connectivity index (χ4v) is 3.51. The van der Waals surface area contributed by atoms with E-state index in [1.807, 2.05) is 0 Å². The molecule has 2 aliphatic rings. The maximum atomic E-state index is 12.2. The molecule has 1 aliphatic carbocycles. The van der Waals surface area contributed by atoms with E-state index in [1.54, 1.807) is 14.1 Å². The van der Waals surface area contributed by atoms with Crippen LogP contribution in [-0.2, 0) is 10.2 Å². The molecule has 1 aliphatic heterocycles. The predicted molar refractivity (Wildman–Crippen MR) is 63.3 cm³/mol. The molecule has 2 rings (SSSR count). The minimum Gasteiger partial charge on any atom is -0.315 e. The summed E-state index contributed by atoms with van der Waals surface area (Å²) in [5.41, 5.74) is 0. The Kier molecular flexibility index (Phi) is 3.53. The van der Waals surface area contributed by atoms with Gasteiger partial charge < -0.3 is 5.32 Å². The van der Waals surface area contributed by atoms with Gasteiger partial charge in [0.05, 0.1) is 0 Å². The van der Waals surface area contributed by atoms with E-state index in [0.29, 0.717) is 12.5 Å². The summed E-state index contributed by atoms with van der Waals surface area (Å²) in [6.45, 7) is 2.36. The van der Waals surface area contributed by atoms with E-state index in [9.17, 15) is 8.42 Å². The van der Waals surface area contributed by atoms with Gasteiger partial charge in [0.25, 0.3) is 10.2 Å². The first-order valence-corrected chi connectivity index (χ1v) is 7.31. The van der Waals surface area contributed by atoms with Crippen molar-refractivity contribution in [2.45, 2.75) is 25.3 Å². The Balaban J connectivity index is 1.98. The van der Waals surface area contributed by atoms with Crippen LogP contribution < -0.4 is 5.32 Å². The van der Waals surface area contributed by atoms with Gasteiger partial charge in [0.15, 0.2) is 0 Å². The first kappa shape index (κ1) is 12.3. The average molecular weight is 247 g/mol. The molecule has 0 bridgehead atoms. The molecule has 0 aromatic heterocycles. The van der Waals surface area contributed by atoms with E-state index >= 15 is 0 Å². The van der Waals surface area contributed by atoms with Gasteiger partial charge in [-0.1, -0.05) is 0 Å². The third-order valence-corrected chi connectivity index (χ3v) is 5.48. The van der Waals surface area contributed by atoms with Crippen LogP contribution >= 0.6 is 0 Å². The molecule has 1 unspecified atom stereocenters. The Labute approximate surface area is 98.0 Å². The lowest BCUT2D eigenvalue weighted by molar-refractivity contribution is 0.339. The second kappa shape index (κ2) is 4.60. The molecule has 1 saturated carbocycles. The molecule has 1 saturated heterocycles. The lowest BCUT2D eigenvalue weighted by Crippen LogP contribution is -2.46. The van der Waals surface area contributed by atoms with E-state index < -0.39 is 10.2 Å². The normalized spacial score (nSPS) is 26.9. The fourth-order valence-electron chi connectivity index (χ4n) is 2.12. The van der Waals surface area contributed by atoms with Crippen LogP contribution in [0.15, 0.2) is 0 Å². The van der Waals surface area contributed by atoms with Crippen LogP contribution in [-0.4, -0.2) is 56.8 Å². The summed E-state index contributed by atoms with van der Waals surface area (Å²) in [5, 5.41) is 3.19. The van der Waals surface area contributed by atoms with E-state index in [1.165, 1.54) is 21.5 Å². The summed E-state index contributed by atoms with van der Waals surface area (Å²) in [7, 11) is 0.127. The van der Waals surface area contributed by atoms with Crippen LogP contribution in [0.1, 0.15) is 19.3 Å². The highest BCUT2D eigenvalue weighted by atomic mass is 32.2. The van der Waals surface area contributed by atoms with Crippen LogP contribution in [0, 0.1) is 5.92 Å². The SMILES string of the molecule is CN(CC1CC1)S(=O)(=O)N(C)C1CCNC1. The van der Waals surface area contributed by atoms with Gasteiger partial charge >= 0.3 is 0 Å². The molecule has 2 fully saturated rings. The summed E-state index contributed by atoms with van der Waals surface area (Å²) in [6, 6.07) is 0.117. The summed E-state index contributed by atoms with van der Waals surface area (Å²) >= 11 is 0. The van der Waals surface area contributed by atoms with Crippen LogP contribution in [0.3, 0.4) is 0 Å². The maximum absolute atomic E-state index is 12.2. The van der Waals surface area contributed by atoms with Gasteiger partial charge in [0, 0.05) is 33.2 Å². The van der Waals surface area contributed by atoms with Crippen molar-refractivity contribution in [1.29, 1.82) is 0 Å². The zero-order valence-electron chi connectivity index (χ0n) is 10.0. The third kappa shape index (κ3) is 2.56. The van der Waals surface area contributed by atoms with Crippen molar-refractivity contribution in [3.05, 3.63) is 0 Å². The number of hydrogen-bond acceptors (Lipinski definition) is 3. The highest BCUT2D eigenvalue weighted by Crippen LogP contribution is 2.30. The Morgan fingerprint density at radius 1 is 1.25 bits per heavy atom. The van der Waals surface area contributed by atoms with Crippen LogP contribution in [0.4, 0.5) is 0 Å². The van der Waals surface area contributed by atoms with Crippen LogP contribution in [0.25, 0.3) is 0 Å². The van der Waals surface area contributed by atoms with E-state index in [4.69, 9.17) is 0 Å². The number of likely N-dealkylation sites (N-methyl/N-ethyl adjacent to an activating group) is 1. The first-order chi connectivity index (χ1) is 7.51. The lowest BCUT2D eigenvalue weighted by atomic mass is 10.3. The molecule has 94 valence electrons. The molecule has 0 spiro atoms. The van der Waals surface area contributed by atoms with Crippen molar-refractivity contribution >= 4 is 10.2 Å². The molecule has 0 amide bonds. The molecule has 16 heavy (non-hydrogen) atoms. The summed E-state index contributed by atoms with van der Waals surface area (Å²) in [4.78, 5) is 0. The van der Waals surface area contributed by atoms with E-state index in [0.717, 1.165) is 19.5 Å². The van der Waals surface area contributed by atoms with Gasteiger partial charge in [0.1, 0.15) is 0 Å². The van der Waals surface area contributed by atoms with Crippen molar-refractivity contribution in [3.63, 3.8) is 0 Å². The molecule has 6 heteroatoms. The van der Waals surface area contributed by atoms with E-state index in [-0.39, 0.29) is 6.04 Å². The highest BCUT2D eigenvalue weighted by Gasteiger charge is 2.34. The quantitative estimate of drug-likeness (QED) is 0.736. The Hall–Kier alpha value is -0.170. The predicted octanol–water partition coefficient (Wildman–Crippen LogP) is -0.133. The number of hydrogen-bond donors (Lipinski definition) is 1. The fraction of sp³-hybridized carbons (Fsp3) is 1.00. The third-order valence-electron chi connectivity index (χ3n) is 3.52. The van der Waals surface area contributed by atoms with Crippen molar-refractivity contribution in [2.75, 3.05) is 33.7 Å². The average Bonchev–Trinajstić information content (AvgIpc) is 2.89. The number of nitrogens with zero attached hydrogens (tertiary/aromatic N) is 2. The van der Waals surface area contributed by atoms with Gasteiger partial charge in [-0.3, -0.25) is 0 Å². The van der Waals surface area contributed by atoms with Gasteiger partial charge in [-0.25, -0.2) is 0 Å². The number of rotatable bonds is 5. The molecule has 5 nitrogen and oxygen atoms in total. The van der Waals surface area contributed by atoms with Crippen molar-refractivity contribution in [1.82, 2.24) is 13.9 Å². The minimum absolute atomic E-state index is 0.117. The summed E-state index contributed by atoms with van der Waals surface area (Å²) < 4.78 is 27.4.